The third kappa shape index (κ3) is 9.56. The molecule has 0 aliphatic heterocycles. The summed E-state index contributed by atoms with van der Waals surface area (Å²) in [6.45, 7) is 5.12. The van der Waals surface area contributed by atoms with Gasteiger partial charge in [0.05, 0.1) is 24.4 Å². The molecule has 0 aliphatic rings. The first-order valence-electron chi connectivity index (χ1n) is 10.4. The molecule has 10 heteroatoms. The second-order valence-corrected chi connectivity index (χ2v) is 9.25. The Hall–Kier alpha value is -2.13. The van der Waals surface area contributed by atoms with Crippen LogP contribution >= 0.6 is 23.2 Å². The summed E-state index contributed by atoms with van der Waals surface area (Å²) in [6.07, 6.45) is 4.14. The van der Waals surface area contributed by atoms with E-state index in [0.29, 0.717) is 6.42 Å². The number of nitrogens with one attached hydrogen (secondary N) is 2. The molecule has 0 saturated carbocycles. The molecule has 3 atom stereocenters. The molecule has 0 aliphatic carbocycles. The first kappa shape index (κ1) is 27.9. The van der Waals surface area contributed by atoms with Gasteiger partial charge in [0, 0.05) is 0 Å². The average molecular weight is 487 g/mol. The third-order valence-electron chi connectivity index (χ3n) is 4.72. The molecule has 3 amide bonds. The zero-order valence-corrected chi connectivity index (χ0v) is 20.0. The maximum atomic E-state index is 13.2. The number of allylic oxidation sites excluding steroid dienone is 1. The summed E-state index contributed by atoms with van der Waals surface area (Å²) in [5.41, 5.74) is 10.8. The van der Waals surface area contributed by atoms with Crippen LogP contribution in [0, 0.1) is 17.8 Å². The van der Waals surface area contributed by atoms with Gasteiger partial charge in [0.25, 0.3) is 5.91 Å². The third-order valence-corrected chi connectivity index (χ3v) is 4.99. The summed E-state index contributed by atoms with van der Waals surface area (Å²) < 4.78 is 0. The molecule has 1 aromatic carbocycles. The minimum Gasteiger partial charge on any atom is -0.320 e. The monoisotopic (exact) mass is 486 g/mol. The van der Waals surface area contributed by atoms with Gasteiger partial charge < -0.3 is 5.73 Å². The quantitative estimate of drug-likeness (QED) is 0.217. The van der Waals surface area contributed by atoms with Crippen molar-refractivity contribution in [1.29, 1.82) is 0 Å². The molecule has 32 heavy (non-hydrogen) atoms. The predicted octanol–water partition coefficient (Wildman–Crippen LogP) is 2.88. The molecular formula is C22H32Cl2N4O4. The molecule has 0 unspecified atom stereocenters. The molecule has 0 radical (unpaired) electrons. The van der Waals surface area contributed by atoms with E-state index >= 15 is 0 Å². The van der Waals surface area contributed by atoms with Crippen molar-refractivity contribution in [3.63, 3.8) is 0 Å². The smallest absolute Gasteiger partial charge is 0.257 e. The van der Waals surface area contributed by atoms with Gasteiger partial charge in [0.15, 0.2) is 0 Å². The number of hydrazine groups is 1. The molecule has 1 rings (SSSR count). The number of alkyl halides is 2. The molecule has 0 bridgehead atoms. The van der Waals surface area contributed by atoms with Gasteiger partial charge in [0.1, 0.15) is 4.84 Å². The highest BCUT2D eigenvalue weighted by Crippen LogP contribution is 2.25. The number of halogens is 2. The summed E-state index contributed by atoms with van der Waals surface area (Å²) in [4.78, 5) is 37.1. The molecule has 0 fully saturated rings. The Bertz CT molecular complexity index is 772. The number of carbonyl (C=O) groups is 3. The maximum Gasteiger partial charge on any atom is 0.257 e. The van der Waals surface area contributed by atoms with Crippen LogP contribution in [0.2, 0.25) is 0 Å². The fraction of sp³-hybridized carbons (Fsp3) is 0.500. The van der Waals surface area contributed by atoms with Gasteiger partial charge in [-0.05, 0) is 31.2 Å². The van der Waals surface area contributed by atoms with Crippen molar-refractivity contribution in [2.45, 2.75) is 44.5 Å². The Labute approximate surface area is 199 Å². The number of rotatable bonds is 11. The Morgan fingerprint density at radius 2 is 1.72 bits per heavy atom. The van der Waals surface area contributed by atoms with Gasteiger partial charge in [-0.25, -0.2) is 5.48 Å². The van der Waals surface area contributed by atoms with E-state index in [-0.39, 0.29) is 18.9 Å². The van der Waals surface area contributed by atoms with Crippen molar-refractivity contribution in [3.05, 3.63) is 42.0 Å². The molecular weight excluding hydrogens is 455 g/mol. The minimum absolute atomic E-state index is 0.0595. The lowest BCUT2D eigenvalue weighted by Gasteiger charge is -2.30. The van der Waals surface area contributed by atoms with Crippen LogP contribution in [0.25, 0.3) is 6.08 Å². The van der Waals surface area contributed by atoms with E-state index in [1.165, 1.54) is 6.92 Å². The number of nitrogens with two attached hydrogens (primary N) is 1. The second-order valence-electron chi connectivity index (χ2n) is 7.97. The summed E-state index contributed by atoms with van der Waals surface area (Å²) >= 11 is 11.6. The van der Waals surface area contributed by atoms with Crippen LogP contribution < -0.4 is 16.6 Å². The average Bonchev–Trinajstić information content (AvgIpc) is 2.74. The second kappa shape index (κ2) is 14.1. The van der Waals surface area contributed by atoms with Crippen LogP contribution in [0.5, 0.6) is 0 Å². The summed E-state index contributed by atoms with van der Waals surface area (Å²) in [7, 11) is 0. The molecule has 0 aromatic heterocycles. The van der Waals surface area contributed by atoms with E-state index in [4.69, 9.17) is 28.9 Å². The summed E-state index contributed by atoms with van der Waals surface area (Å²) in [6, 6.07) is 8.58. The van der Waals surface area contributed by atoms with Crippen LogP contribution in [0.15, 0.2) is 36.4 Å². The molecule has 0 spiro atoms. The normalized spacial score (nSPS) is 14.3. The van der Waals surface area contributed by atoms with Gasteiger partial charge in [-0.15, -0.1) is 23.2 Å². The zero-order valence-electron chi connectivity index (χ0n) is 18.5. The van der Waals surface area contributed by atoms with E-state index < -0.39 is 40.4 Å². The van der Waals surface area contributed by atoms with E-state index in [1.54, 1.807) is 11.6 Å². The van der Waals surface area contributed by atoms with Crippen molar-refractivity contribution < 1.29 is 19.6 Å². The highest BCUT2D eigenvalue weighted by Gasteiger charge is 2.35. The van der Waals surface area contributed by atoms with Gasteiger partial charge in [-0.1, -0.05) is 56.3 Å². The van der Waals surface area contributed by atoms with E-state index in [2.05, 4.69) is 5.43 Å². The first-order valence-corrected chi connectivity index (χ1v) is 11.2. The fourth-order valence-corrected chi connectivity index (χ4v) is 3.48. The molecule has 0 heterocycles. The van der Waals surface area contributed by atoms with Crippen LogP contribution in [0.1, 0.15) is 39.2 Å². The van der Waals surface area contributed by atoms with Crippen LogP contribution in [0.3, 0.4) is 0 Å². The van der Waals surface area contributed by atoms with Crippen LogP contribution in [-0.4, -0.2) is 45.4 Å². The number of hydrogen-bond acceptors (Lipinski definition) is 5. The fourth-order valence-electron chi connectivity index (χ4n) is 3.20. The SMILES string of the molecule is CC(C)C[C@@H](C(=O)NN(CC(Cl)Cl)C(=O)[C@@H](C)N)[C@H](C/C=C/c1ccccc1)C(=O)NO. The number of benzene rings is 1. The highest BCUT2D eigenvalue weighted by atomic mass is 35.5. The number of hydroxylamine groups is 1. The summed E-state index contributed by atoms with van der Waals surface area (Å²) in [5.74, 6) is -3.48. The number of amides is 3. The van der Waals surface area contributed by atoms with Gasteiger partial charge in [-0.3, -0.25) is 30.0 Å². The van der Waals surface area contributed by atoms with Gasteiger partial charge >= 0.3 is 0 Å². The maximum absolute atomic E-state index is 13.2. The lowest BCUT2D eigenvalue weighted by molar-refractivity contribution is -0.147. The highest BCUT2D eigenvalue weighted by molar-refractivity contribution is 6.44. The van der Waals surface area contributed by atoms with Crippen molar-refractivity contribution in [2.24, 2.45) is 23.5 Å². The van der Waals surface area contributed by atoms with Crippen LogP contribution in [-0.2, 0) is 14.4 Å². The Morgan fingerprint density at radius 3 is 2.22 bits per heavy atom. The zero-order chi connectivity index (χ0) is 24.3. The topological polar surface area (TPSA) is 125 Å². The van der Waals surface area contributed by atoms with Crippen LogP contribution in [0.4, 0.5) is 0 Å². The Morgan fingerprint density at radius 1 is 1.09 bits per heavy atom. The van der Waals surface area contributed by atoms with Crippen molar-refractivity contribution in [1.82, 2.24) is 15.9 Å². The van der Waals surface area contributed by atoms with E-state index in [1.807, 2.05) is 50.3 Å². The first-order chi connectivity index (χ1) is 15.1. The van der Waals surface area contributed by atoms with Gasteiger partial charge in [-0.2, -0.15) is 0 Å². The standard InChI is InChI=1S/C22H32Cl2N4O4/c1-14(2)12-18(20(29)26-28(13-19(23)24)22(31)15(3)25)17(21(30)27-32)11-7-10-16-8-5-4-6-9-16/h4-10,14-15,17-19,32H,11-13,25H2,1-3H3,(H,26,29)(H,27,30)/b10-7+/t15-,17+,18-/m1/s1. The lowest BCUT2D eigenvalue weighted by Crippen LogP contribution is -2.55. The molecule has 178 valence electrons. The largest absolute Gasteiger partial charge is 0.320 e. The predicted molar refractivity (Wildman–Crippen MR) is 125 cm³/mol. The van der Waals surface area contributed by atoms with E-state index in [9.17, 15) is 19.6 Å². The molecule has 0 saturated heterocycles. The number of hydrogen-bond donors (Lipinski definition) is 4. The summed E-state index contributed by atoms with van der Waals surface area (Å²) in [5, 5.41) is 10.2. The number of nitrogens with zero attached hydrogens (tertiary/aromatic N) is 1. The lowest BCUT2D eigenvalue weighted by atomic mass is 9.82. The van der Waals surface area contributed by atoms with Gasteiger partial charge in [0.2, 0.25) is 11.8 Å². The molecule has 5 N–H and O–H groups in total. The Balaban J connectivity index is 3.13. The van der Waals surface area contributed by atoms with Crippen molar-refractivity contribution in [2.75, 3.05) is 6.54 Å². The minimum atomic E-state index is -0.952. The van der Waals surface area contributed by atoms with Crippen molar-refractivity contribution >= 4 is 47.0 Å². The molecule has 8 nitrogen and oxygen atoms in total. The number of carbonyl (C=O) groups excluding carboxylic acids is 3. The van der Waals surface area contributed by atoms with E-state index in [0.717, 1.165) is 10.6 Å². The van der Waals surface area contributed by atoms with Crippen molar-refractivity contribution in [3.8, 4) is 0 Å². The molecule has 1 aromatic rings. The Kier molecular flexibility index (Phi) is 12.3.